The first kappa shape index (κ1) is 29.4. The lowest BCUT2D eigenvalue weighted by Crippen LogP contribution is -2.25. The molecule has 1 aliphatic carbocycles. The van der Waals surface area contributed by atoms with Crippen LogP contribution in [-0.4, -0.2) is 23.8 Å². The van der Waals surface area contributed by atoms with Gasteiger partial charge in [0.25, 0.3) is 0 Å². The highest BCUT2D eigenvalue weighted by atomic mass is 19.2. The van der Waals surface area contributed by atoms with Gasteiger partial charge in [0.05, 0.1) is 18.3 Å². The van der Waals surface area contributed by atoms with Gasteiger partial charge >= 0.3 is 5.97 Å². The molecule has 0 bridgehead atoms. The normalized spacial score (nSPS) is 17.7. The number of halogens is 3. The first-order chi connectivity index (χ1) is 19.3. The molecule has 0 aliphatic heterocycles. The minimum atomic E-state index is -1.26. The minimum Gasteiger partial charge on any atom is -0.493 e. The molecular weight excluding hydrogens is 517 g/mol. The molecule has 0 amide bonds. The number of carbonyl (C=O) groups is 1. The molecule has 0 heterocycles. The van der Waals surface area contributed by atoms with E-state index >= 15 is 0 Å². The zero-order chi connectivity index (χ0) is 28.6. The Hall–Kier alpha value is -3.58. The number of rotatable bonds is 11. The summed E-state index contributed by atoms with van der Waals surface area (Å²) < 4.78 is 55.7. The van der Waals surface area contributed by atoms with Crippen molar-refractivity contribution in [3.05, 3.63) is 101 Å². The van der Waals surface area contributed by atoms with Crippen LogP contribution in [0.4, 0.5) is 13.2 Å². The van der Waals surface area contributed by atoms with E-state index < -0.39 is 35.4 Å². The fourth-order valence-corrected chi connectivity index (χ4v) is 5.15. The fourth-order valence-electron chi connectivity index (χ4n) is 5.15. The van der Waals surface area contributed by atoms with E-state index in [0.717, 1.165) is 6.42 Å². The van der Waals surface area contributed by atoms with Gasteiger partial charge in [-0.2, -0.15) is 0 Å². The van der Waals surface area contributed by atoms with Crippen molar-refractivity contribution in [1.29, 1.82) is 0 Å². The Morgan fingerprint density at radius 2 is 1.75 bits per heavy atom. The van der Waals surface area contributed by atoms with E-state index in [2.05, 4.69) is 6.58 Å². The van der Waals surface area contributed by atoms with Gasteiger partial charge in [0.1, 0.15) is 17.7 Å². The lowest BCUT2D eigenvalue weighted by atomic mass is 9.82. The standard InChI is InChI=1S/C33H35F3O4/c1-3-5-19-39-25-15-16-26(29(34)20-25)21-11-13-24(14-12-21)40-33(38)28-18-17-27(31(35)32(28)36)22-7-9-23(10-8-22)30(37)6-4-2/h3,7-10,15-18,20-21,24,30,37H,1,4-6,11-14,19H2,2H3. The van der Waals surface area contributed by atoms with Crippen LogP contribution in [0.15, 0.2) is 67.3 Å². The molecule has 0 aromatic heterocycles. The Bertz CT molecular complexity index is 1310. The molecule has 4 nitrogen and oxygen atoms in total. The van der Waals surface area contributed by atoms with Crippen molar-refractivity contribution in [2.75, 3.05) is 6.61 Å². The summed E-state index contributed by atoms with van der Waals surface area (Å²) in [7, 11) is 0. The van der Waals surface area contributed by atoms with E-state index in [4.69, 9.17) is 9.47 Å². The van der Waals surface area contributed by atoms with E-state index in [1.165, 1.54) is 18.2 Å². The van der Waals surface area contributed by atoms with Crippen LogP contribution in [0.3, 0.4) is 0 Å². The van der Waals surface area contributed by atoms with Crippen LogP contribution in [0.25, 0.3) is 11.1 Å². The molecule has 1 unspecified atom stereocenters. The summed E-state index contributed by atoms with van der Waals surface area (Å²) in [4.78, 5) is 12.7. The van der Waals surface area contributed by atoms with Crippen molar-refractivity contribution in [3.63, 3.8) is 0 Å². The molecule has 1 N–H and O–H groups in total. The third kappa shape index (κ3) is 6.94. The number of ether oxygens (including phenoxy) is 2. The summed E-state index contributed by atoms with van der Waals surface area (Å²) in [6, 6.07) is 14.1. The lowest BCUT2D eigenvalue weighted by molar-refractivity contribution is 0.0188. The highest BCUT2D eigenvalue weighted by molar-refractivity contribution is 5.90. The molecule has 1 fully saturated rings. The van der Waals surface area contributed by atoms with E-state index in [9.17, 15) is 23.1 Å². The second-order valence-corrected chi connectivity index (χ2v) is 10.2. The number of hydrogen-bond donors (Lipinski definition) is 1. The molecule has 0 spiro atoms. The summed E-state index contributed by atoms with van der Waals surface area (Å²) in [5, 5.41) is 10.1. The van der Waals surface area contributed by atoms with Crippen molar-refractivity contribution >= 4 is 5.97 Å². The number of benzene rings is 3. The Balaban J connectivity index is 1.36. The van der Waals surface area contributed by atoms with Crippen molar-refractivity contribution < 1.29 is 32.5 Å². The molecule has 0 saturated heterocycles. The maximum absolute atomic E-state index is 15.0. The molecule has 0 radical (unpaired) electrons. The molecule has 4 rings (SSSR count). The van der Waals surface area contributed by atoms with Gasteiger partial charge in [-0.15, -0.1) is 6.58 Å². The molecule has 1 aliphatic rings. The monoisotopic (exact) mass is 552 g/mol. The molecule has 212 valence electrons. The van der Waals surface area contributed by atoms with E-state index in [-0.39, 0.29) is 17.3 Å². The number of esters is 1. The van der Waals surface area contributed by atoms with Crippen molar-refractivity contribution in [2.24, 2.45) is 0 Å². The maximum atomic E-state index is 15.0. The van der Waals surface area contributed by atoms with E-state index in [1.807, 2.05) is 6.92 Å². The topological polar surface area (TPSA) is 55.8 Å². The molecule has 3 aromatic rings. The Morgan fingerprint density at radius 3 is 2.40 bits per heavy atom. The van der Waals surface area contributed by atoms with E-state index in [0.29, 0.717) is 67.6 Å². The Labute approximate surface area is 233 Å². The van der Waals surface area contributed by atoms with Gasteiger partial charge in [-0.05, 0) is 73.3 Å². The predicted molar refractivity (Wildman–Crippen MR) is 149 cm³/mol. The van der Waals surface area contributed by atoms with Gasteiger partial charge < -0.3 is 14.6 Å². The van der Waals surface area contributed by atoms with Crippen LogP contribution in [0.1, 0.15) is 85.4 Å². The molecule has 3 aromatic carbocycles. The summed E-state index contributed by atoms with van der Waals surface area (Å²) in [5.41, 5.74) is 1.29. The largest absolute Gasteiger partial charge is 0.493 e. The van der Waals surface area contributed by atoms with Crippen molar-refractivity contribution in [2.45, 2.75) is 70.0 Å². The quantitative estimate of drug-likeness (QED) is 0.147. The van der Waals surface area contributed by atoms with Gasteiger partial charge in [0.2, 0.25) is 0 Å². The zero-order valence-electron chi connectivity index (χ0n) is 22.7. The summed E-state index contributed by atoms with van der Waals surface area (Å²) in [5.74, 6) is -3.21. The van der Waals surface area contributed by atoms with Gasteiger partial charge in [-0.25, -0.2) is 18.0 Å². The van der Waals surface area contributed by atoms with Gasteiger partial charge in [0.15, 0.2) is 11.6 Å². The third-order valence-electron chi connectivity index (χ3n) is 7.42. The second-order valence-electron chi connectivity index (χ2n) is 10.2. The summed E-state index contributed by atoms with van der Waals surface area (Å²) in [6.07, 6.45) is 4.95. The maximum Gasteiger partial charge on any atom is 0.341 e. The average Bonchev–Trinajstić information content (AvgIpc) is 2.95. The van der Waals surface area contributed by atoms with Gasteiger partial charge in [-0.1, -0.05) is 55.8 Å². The SMILES string of the molecule is C=CCCOc1ccc(C2CCC(OC(=O)c3ccc(-c4ccc(C(O)CCC)cc4)c(F)c3F)CC2)c(F)c1. The Morgan fingerprint density at radius 1 is 1.02 bits per heavy atom. The van der Waals surface area contributed by atoms with Gasteiger partial charge in [0, 0.05) is 11.6 Å². The summed E-state index contributed by atoms with van der Waals surface area (Å²) in [6.45, 7) is 6.04. The van der Waals surface area contributed by atoms with Crippen LogP contribution >= 0.6 is 0 Å². The number of aliphatic hydroxyl groups is 1. The van der Waals surface area contributed by atoms with Crippen LogP contribution in [-0.2, 0) is 4.74 Å². The third-order valence-corrected chi connectivity index (χ3v) is 7.42. The molecule has 40 heavy (non-hydrogen) atoms. The number of carbonyl (C=O) groups excluding carboxylic acids is 1. The zero-order valence-corrected chi connectivity index (χ0v) is 22.7. The van der Waals surface area contributed by atoms with Crippen LogP contribution in [0, 0.1) is 17.5 Å². The molecular formula is C33H35F3O4. The molecule has 7 heteroatoms. The highest BCUT2D eigenvalue weighted by Crippen LogP contribution is 2.37. The van der Waals surface area contributed by atoms with E-state index in [1.54, 1.807) is 42.5 Å². The summed E-state index contributed by atoms with van der Waals surface area (Å²) >= 11 is 0. The molecule has 1 atom stereocenters. The van der Waals surface area contributed by atoms with Crippen molar-refractivity contribution in [3.8, 4) is 16.9 Å². The second kappa shape index (κ2) is 13.7. The van der Waals surface area contributed by atoms with Crippen LogP contribution < -0.4 is 4.74 Å². The minimum absolute atomic E-state index is 0.0187. The average molecular weight is 553 g/mol. The smallest absolute Gasteiger partial charge is 0.341 e. The highest BCUT2D eigenvalue weighted by Gasteiger charge is 2.29. The predicted octanol–water partition coefficient (Wildman–Crippen LogP) is 8.44. The Kier molecular flexibility index (Phi) is 10.0. The van der Waals surface area contributed by atoms with Crippen LogP contribution in [0.2, 0.25) is 0 Å². The first-order valence-electron chi connectivity index (χ1n) is 13.8. The fraction of sp³-hybridized carbons (Fsp3) is 0.364. The first-order valence-corrected chi connectivity index (χ1v) is 13.8. The number of aliphatic hydroxyl groups excluding tert-OH is 1. The van der Waals surface area contributed by atoms with Crippen molar-refractivity contribution in [1.82, 2.24) is 0 Å². The van der Waals surface area contributed by atoms with Gasteiger partial charge in [-0.3, -0.25) is 0 Å². The number of hydrogen-bond acceptors (Lipinski definition) is 4. The van der Waals surface area contributed by atoms with Crippen LogP contribution in [0.5, 0.6) is 5.75 Å². The lowest BCUT2D eigenvalue weighted by Gasteiger charge is -2.29. The molecule has 1 saturated carbocycles.